The largest absolute Gasteiger partial charge is 0.355 e. The number of aromatic nitrogens is 2. The minimum atomic E-state index is -0.349. The number of amides is 1. The number of piperidine rings is 1. The minimum Gasteiger partial charge on any atom is -0.355 e. The maximum Gasteiger partial charge on any atom is 0.226 e. The van der Waals surface area contributed by atoms with E-state index in [0.717, 1.165) is 44.6 Å². The zero-order valence-corrected chi connectivity index (χ0v) is 15.8. The molecular weight excluding hydrogens is 367 g/mol. The summed E-state index contributed by atoms with van der Waals surface area (Å²) in [5.41, 5.74) is 0.413. The Morgan fingerprint density at radius 2 is 2.00 bits per heavy atom. The molecular formula is C20H22ClFN4O. The summed E-state index contributed by atoms with van der Waals surface area (Å²) >= 11 is 6.18. The van der Waals surface area contributed by atoms with E-state index in [1.807, 2.05) is 4.90 Å². The molecule has 0 N–H and O–H groups in total. The normalized spacial score (nSPS) is 17.8. The molecule has 1 amide bonds. The quantitative estimate of drug-likeness (QED) is 0.784. The molecule has 1 aliphatic heterocycles. The highest BCUT2D eigenvalue weighted by Crippen LogP contribution is 2.33. The van der Waals surface area contributed by atoms with Crippen LogP contribution in [0.2, 0.25) is 5.02 Å². The fourth-order valence-electron chi connectivity index (χ4n) is 3.67. The van der Waals surface area contributed by atoms with E-state index in [2.05, 4.69) is 14.9 Å². The first-order chi connectivity index (χ1) is 13.1. The predicted molar refractivity (Wildman–Crippen MR) is 102 cm³/mol. The Bertz CT molecular complexity index is 787. The molecule has 0 spiro atoms. The molecule has 0 radical (unpaired) electrons. The third kappa shape index (κ3) is 4.05. The summed E-state index contributed by atoms with van der Waals surface area (Å²) in [6.07, 6.45) is 8.58. The van der Waals surface area contributed by atoms with Gasteiger partial charge in [-0.1, -0.05) is 17.7 Å². The Morgan fingerprint density at radius 3 is 2.63 bits per heavy atom. The van der Waals surface area contributed by atoms with E-state index in [1.54, 1.807) is 30.7 Å². The number of benzene rings is 1. The van der Waals surface area contributed by atoms with Crippen LogP contribution >= 0.6 is 11.6 Å². The minimum absolute atomic E-state index is 0.0379. The van der Waals surface area contributed by atoms with Crippen LogP contribution in [-0.4, -0.2) is 39.9 Å². The van der Waals surface area contributed by atoms with Crippen molar-refractivity contribution in [3.8, 4) is 0 Å². The van der Waals surface area contributed by atoms with Crippen molar-refractivity contribution >= 4 is 23.3 Å². The van der Waals surface area contributed by atoms with E-state index in [9.17, 15) is 9.18 Å². The molecule has 5 nitrogen and oxygen atoms in total. The molecule has 4 rings (SSSR count). The smallest absolute Gasteiger partial charge is 0.226 e. The number of rotatable bonds is 5. The molecule has 2 fully saturated rings. The van der Waals surface area contributed by atoms with Crippen molar-refractivity contribution in [2.75, 3.05) is 18.0 Å². The third-order valence-electron chi connectivity index (χ3n) is 5.38. The molecule has 1 aromatic carbocycles. The van der Waals surface area contributed by atoms with Crippen LogP contribution in [0.25, 0.3) is 0 Å². The van der Waals surface area contributed by atoms with Gasteiger partial charge in [-0.3, -0.25) is 9.78 Å². The van der Waals surface area contributed by atoms with Crippen molar-refractivity contribution in [3.63, 3.8) is 0 Å². The Morgan fingerprint density at radius 1 is 1.22 bits per heavy atom. The standard InChI is InChI=1S/C20H22ClFN4O/c21-17-2-1-3-18(22)16(17)13-26(15-4-5-15)20(27)14-6-10-25(11-7-14)19-12-23-8-9-24-19/h1-3,8-9,12,14-15H,4-7,10-11,13H2. The van der Waals surface area contributed by atoms with Crippen molar-refractivity contribution in [2.24, 2.45) is 5.92 Å². The van der Waals surface area contributed by atoms with Crippen molar-refractivity contribution in [2.45, 2.75) is 38.3 Å². The van der Waals surface area contributed by atoms with Crippen LogP contribution in [0.3, 0.4) is 0 Å². The fourth-order valence-corrected chi connectivity index (χ4v) is 3.89. The molecule has 0 bridgehead atoms. The van der Waals surface area contributed by atoms with Gasteiger partial charge in [-0.25, -0.2) is 9.37 Å². The van der Waals surface area contributed by atoms with Crippen molar-refractivity contribution in [3.05, 3.63) is 53.2 Å². The second-order valence-corrected chi connectivity index (χ2v) is 7.63. The van der Waals surface area contributed by atoms with Crippen LogP contribution in [0.1, 0.15) is 31.2 Å². The van der Waals surface area contributed by atoms with Gasteiger partial charge in [-0.2, -0.15) is 0 Å². The van der Waals surface area contributed by atoms with Gasteiger partial charge in [0.05, 0.1) is 12.7 Å². The maximum absolute atomic E-state index is 14.2. The van der Waals surface area contributed by atoms with Gasteiger partial charge in [0.2, 0.25) is 5.91 Å². The zero-order valence-electron chi connectivity index (χ0n) is 15.0. The topological polar surface area (TPSA) is 49.3 Å². The average Bonchev–Trinajstić information content (AvgIpc) is 3.53. The molecule has 27 heavy (non-hydrogen) atoms. The summed E-state index contributed by atoms with van der Waals surface area (Å²) in [6, 6.07) is 4.88. The van der Waals surface area contributed by atoms with E-state index in [-0.39, 0.29) is 30.2 Å². The Kier molecular flexibility index (Phi) is 5.25. The van der Waals surface area contributed by atoms with Crippen LogP contribution in [0.5, 0.6) is 0 Å². The zero-order chi connectivity index (χ0) is 18.8. The summed E-state index contributed by atoms with van der Waals surface area (Å²) in [7, 11) is 0. The van der Waals surface area contributed by atoms with Crippen LogP contribution in [0, 0.1) is 11.7 Å². The second-order valence-electron chi connectivity index (χ2n) is 7.22. The predicted octanol–water partition coefficient (Wildman–Crippen LogP) is 3.68. The number of hydrogen-bond acceptors (Lipinski definition) is 4. The van der Waals surface area contributed by atoms with Crippen LogP contribution in [-0.2, 0) is 11.3 Å². The van der Waals surface area contributed by atoms with E-state index in [4.69, 9.17) is 11.6 Å². The highest BCUT2D eigenvalue weighted by molar-refractivity contribution is 6.31. The van der Waals surface area contributed by atoms with Crippen LogP contribution in [0.15, 0.2) is 36.8 Å². The first kappa shape index (κ1) is 18.2. The van der Waals surface area contributed by atoms with Crippen molar-refractivity contribution in [1.29, 1.82) is 0 Å². The van der Waals surface area contributed by atoms with Gasteiger partial charge in [-0.05, 0) is 37.8 Å². The SMILES string of the molecule is O=C(C1CCN(c2cnccn2)CC1)N(Cc1c(F)cccc1Cl)C1CC1. The number of nitrogens with zero attached hydrogens (tertiary/aromatic N) is 4. The summed E-state index contributed by atoms with van der Waals surface area (Å²) in [4.78, 5) is 25.6. The Balaban J connectivity index is 1.43. The first-order valence-electron chi connectivity index (χ1n) is 9.38. The molecule has 7 heteroatoms. The average molecular weight is 389 g/mol. The van der Waals surface area contributed by atoms with Gasteiger partial charge in [0.1, 0.15) is 11.6 Å². The van der Waals surface area contributed by atoms with Gasteiger partial charge in [0, 0.05) is 48.0 Å². The van der Waals surface area contributed by atoms with E-state index in [1.165, 1.54) is 6.07 Å². The second kappa shape index (κ2) is 7.80. The van der Waals surface area contributed by atoms with Gasteiger partial charge in [0.15, 0.2) is 0 Å². The van der Waals surface area contributed by atoms with Gasteiger partial charge >= 0.3 is 0 Å². The summed E-state index contributed by atoms with van der Waals surface area (Å²) in [6.45, 7) is 1.79. The fraction of sp³-hybridized carbons (Fsp3) is 0.450. The molecule has 142 valence electrons. The van der Waals surface area contributed by atoms with Gasteiger partial charge in [0.25, 0.3) is 0 Å². The lowest BCUT2D eigenvalue weighted by Crippen LogP contribution is -2.43. The van der Waals surface area contributed by atoms with E-state index < -0.39 is 0 Å². The molecule has 1 saturated carbocycles. The molecule has 2 aliphatic rings. The Hall–Kier alpha value is -2.21. The number of halogens is 2. The van der Waals surface area contributed by atoms with E-state index >= 15 is 0 Å². The number of carbonyl (C=O) groups excluding carboxylic acids is 1. The first-order valence-corrected chi connectivity index (χ1v) is 9.75. The molecule has 0 atom stereocenters. The summed E-state index contributed by atoms with van der Waals surface area (Å²) < 4.78 is 14.2. The molecule has 1 aliphatic carbocycles. The van der Waals surface area contributed by atoms with Gasteiger partial charge in [-0.15, -0.1) is 0 Å². The third-order valence-corrected chi connectivity index (χ3v) is 5.73. The molecule has 1 saturated heterocycles. The lowest BCUT2D eigenvalue weighted by atomic mass is 9.95. The molecule has 2 aromatic rings. The van der Waals surface area contributed by atoms with Crippen LogP contribution < -0.4 is 4.90 Å². The lowest BCUT2D eigenvalue weighted by molar-refractivity contribution is -0.137. The maximum atomic E-state index is 14.2. The monoisotopic (exact) mass is 388 g/mol. The molecule has 0 unspecified atom stereocenters. The Labute approximate surface area is 163 Å². The van der Waals surface area contributed by atoms with Crippen molar-refractivity contribution < 1.29 is 9.18 Å². The number of anilines is 1. The summed E-state index contributed by atoms with van der Waals surface area (Å²) in [5.74, 6) is 0.582. The van der Waals surface area contributed by atoms with Gasteiger partial charge < -0.3 is 9.80 Å². The number of hydrogen-bond donors (Lipinski definition) is 0. The highest BCUT2D eigenvalue weighted by atomic mass is 35.5. The van der Waals surface area contributed by atoms with E-state index in [0.29, 0.717) is 10.6 Å². The highest BCUT2D eigenvalue weighted by Gasteiger charge is 2.37. The lowest BCUT2D eigenvalue weighted by Gasteiger charge is -2.35. The molecule has 2 heterocycles. The number of carbonyl (C=O) groups is 1. The summed E-state index contributed by atoms with van der Waals surface area (Å²) in [5, 5.41) is 0.380. The molecule has 1 aromatic heterocycles. The van der Waals surface area contributed by atoms with Crippen molar-refractivity contribution in [1.82, 2.24) is 14.9 Å². The van der Waals surface area contributed by atoms with Crippen LogP contribution in [0.4, 0.5) is 10.2 Å².